The molecule has 84 valence electrons. The van der Waals surface area contributed by atoms with Crippen LogP contribution in [0.25, 0.3) is 0 Å². The Balaban J connectivity index is 2.97. The summed E-state index contributed by atoms with van der Waals surface area (Å²) in [5.41, 5.74) is 0.573. The standard InChI is InChI=1S/C13H20OSe/c1-12(2,3)8-6-10-7-9-15-11(10)13(4,5)14/h14H,7,9H2,1-5H3. The zero-order valence-corrected chi connectivity index (χ0v) is 12.0. The van der Waals surface area contributed by atoms with Crippen LogP contribution in [0.15, 0.2) is 10.0 Å². The third kappa shape index (κ3) is 4.03. The Kier molecular flexibility index (Phi) is 3.71. The Morgan fingerprint density at radius 3 is 2.27 bits per heavy atom. The maximum absolute atomic E-state index is 10.0. The summed E-state index contributed by atoms with van der Waals surface area (Å²) in [5, 5.41) is 11.2. The van der Waals surface area contributed by atoms with Crippen LogP contribution < -0.4 is 0 Å². The molecule has 0 saturated heterocycles. The van der Waals surface area contributed by atoms with E-state index in [4.69, 9.17) is 0 Å². The summed E-state index contributed by atoms with van der Waals surface area (Å²) in [6.45, 7) is 10.1. The van der Waals surface area contributed by atoms with Crippen LogP contribution in [0.1, 0.15) is 41.0 Å². The molecule has 15 heavy (non-hydrogen) atoms. The number of rotatable bonds is 1. The quantitative estimate of drug-likeness (QED) is 0.574. The SMILES string of the molecule is CC(C)(C)C#CC1=C(C(C)(C)O)[Se]CC1. The van der Waals surface area contributed by atoms with Crippen molar-refractivity contribution < 1.29 is 5.11 Å². The molecule has 0 aliphatic carbocycles. The summed E-state index contributed by atoms with van der Waals surface area (Å²) < 4.78 is 1.20. The van der Waals surface area contributed by atoms with Gasteiger partial charge in [-0.25, -0.2) is 0 Å². The second kappa shape index (κ2) is 4.34. The average Bonchev–Trinajstić information content (AvgIpc) is 2.45. The van der Waals surface area contributed by atoms with Crippen molar-refractivity contribution in [1.29, 1.82) is 0 Å². The van der Waals surface area contributed by atoms with Crippen molar-refractivity contribution in [3.05, 3.63) is 10.0 Å². The summed E-state index contributed by atoms with van der Waals surface area (Å²) in [4.78, 5) is 0. The van der Waals surface area contributed by atoms with Crippen LogP contribution in [-0.4, -0.2) is 25.7 Å². The minimum atomic E-state index is -0.668. The van der Waals surface area contributed by atoms with Crippen molar-refractivity contribution >= 4 is 15.0 Å². The van der Waals surface area contributed by atoms with E-state index in [0.29, 0.717) is 15.0 Å². The molecule has 0 spiro atoms. The van der Waals surface area contributed by atoms with Gasteiger partial charge in [0.05, 0.1) is 0 Å². The van der Waals surface area contributed by atoms with E-state index in [1.54, 1.807) is 0 Å². The summed E-state index contributed by atoms with van der Waals surface area (Å²) in [6, 6.07) is 0. The predicted molar refractivity (Wildman–Crippen MR) is 65.7 cm³/mol. The molecule has 0 bridgehead atoms. The zero-order chi connectivity index (χ0) is 11.7. The molecule has 0 saturated carbocycles. The molecule has 0 fully saturated rings. The van der Waals surface area contributed by atoms with Crippen molar-refractivity contribution in [3.8, 4) is 11.8 Å². The third-order valence-corrected chi connectivity index (χ3v) is 5.04. The first-order chi connectivity index (χ1) is 6.70. The Bertz CT molecular complexity index is 328. The number of allylic oxidation sites excluding steroid dienone is 1. The molecular formula is C13H20OSe. The number of aliphatic hydroxyl groups is 1. The van der Waals surface area contributed by atoms with E-state index in [0.717, 1.165) is 6.42 Å². The Morgan fingerprint density at radius 1 is 1.20 bits per heavy atom. The van der Waals surface area contributed by atoms with Gasteiger partial charge in [-0.2, -0.15) is 0 Å². The van der Waals surface area contributed by atoms with Gasteiger partial charge < -0.3 is 0 Å². The first kappa shape index (κ1) is 12.8. The number of hydrogen-bond donors (Lipinski definition) is 1. The molecule has 1 nitrogen and oxygen atoms in total. The van der Waals surface area contributed by atoms with Crippen LogP contribution in [0.5, 0.6) is 0 Å². The van der Waals surface area contributed by atoms with Gasteiger partial charge in [-0.1, -0.05) is 0 Å². The van der Waals surface area contributed by atoms with Gasteiger partial charge in [0.1, 0.15) is 0 Å². The Labute approximate surface area is 99.5 Å². The molecule has 2 heteroatoms. The molecule has 1 aliphatic heterocycles. The molecule has 0 amide bonds. The minimum absolute atomic E-state index is 0.0489. The van der Waals surface area contributed by atoms with E-state index in [1.165, 1.54) is 15.4 Å². The molecule has 0 aromatic heterocycles. The average molecular weight is 271 g/mol. The molecule has 1 heterocycles. The third-order valence-electron chi connectivity index (χ3n) is 2.02. The molecule has 0 aromatic rings. The van der Waals surface area contributed by atoms with Gasteiger partial charge in [-0.15, -0.1) is 0 Å². The van der Waals surface area contributed by atoms with Crippen LogP contribution in [0.4, 0.5) is 0 Å². The van der Waals surface area contributed by atoms with Crippen molar-refractivity contribution in [2.24, 2.45) is 5.41 Å². The topological polar surface area (TPSA) is 20.2 Å². The Morgan fingerprint density at radius 2 is 1.80 bits per heavy atom. The zero-order valence-electron chi connectivity index (χ0n) is 10.3. The van der Waals surface area contributed by atoms with Crippen LogP contribution in [-0.2, 0) is 0 Å². The molecule has 0 atom stereocenters. The molecule has 0 aromatic carbocycles. The van der Waals surface area contributed by atoms with Crippen molar-refractivity contribution in [2.75, 3.05) is 0 Å². The normalized spacial score (nSPS) is 17.7. The number of hydrogen-bond acceptors (Lipinski definition) is 1. The van der Waals surface area contributed by atoms with Gasteiger partial charge in [0.15, 0.2) is 0 Å². The molecule has 0 unspecified atom stereocenters. The van der Waals surface area contributed by atoms with Gasteiger partial charge in [0, 0.05) is 0 Å². The predicted octanol–water partition coefficient (Wildman–Crippen LogP) is 2.59. The second-order valence-corrected chi connectivity index (χ2v) is 7.78. The fraction of sp³-hybridized carbons (Fsp3) is 0.692. The molecule has 1 aliphatic rings. The van der Waals surface area contributed by atoms with Gasteiger partial charge >= 0.3 is 99.3 Å². The molecular weight excluding hydrogens is 251 g/mol. The van der Waals surface area contributed by atoms with Crippen LogP contribution in [0, 0.1) is 17.3 Å². The monoisotopic (exact) mass is 272 g/mol. The maximum atomic E-state index is 10.0. The molecule has 0 radical (unpaired) electrons. The summed E-state index contributed by atoms with van der Waals surface area (Å²) >= 11 is 0.445. The summed E-state index contributed by atoms with van der Waals surface area (Å²) in [5.74, 6) is 6.52. The van der Waals surface area contributed by atoms with Crippen molar-refractivity contribution in [2.45, 2.75) is 52.0 Å². The van der Waals surface area contributed by atoms with E-state index in [2.05, 4.69) is 32.6 Å². The molecule has 1 N–H and O–H groups in total. The van der Waals surface area contributed by atoms with E-state index in [-0.39, 0.29) is 5.41 Å². The summed E-state index contributed by atoms with van der Waals surface area (Å²) in [6.07, 6.45) is 1.06. The fourth-order valence-corrected chi connectivity index (χ4v) is 3.88. The van der Waals surface area contributed by atoms with Crippen LogP contribution in [0.3, 0.4) is 0 Å². The van der Waals surface area contributed by atoms with Crippen LogP contribution >= 0.6 is 0 Å². The van der Waals surface area contributed by atoms with Crippen molar-refractivity contribution in [1.82, 2.24) is 0 Å². The van der Waals surface area contributed by atoms with Gasteiger partial charge in [0.25, 0.3) is 0 Å². The van der Waals surface area contributed by atoms with Crippen molar-refractivity contribution in [3.63, 3.8) is 0 Å². The molecule has 1 rings (SSSR count). The van der Waals surface area contributed by atoms with E-state index in [9.17, 15) is 5.11 Å². The van der Waals surface area contributed by atoms with E-state index < -0.39 is 5.60 Å². The van der Waals surface area contributed by atoms with Gasteiger partial charge in [-0.3, -0.25) is 0 Å². The fourth-order valence-electron chi connectivity index (χ4n) is 1.38. The van der Waals surface area contributed by atoms with Gasteiger partial charge in [0.2, 0.25) is 0 Å². The Hall–Kier alpha value is -0.221. The second-order valence-electron chi connectivity index (χ2n) is 5.47. The van der Waals surface area contributed by atoms with E-state index in [1.807, 2.05) is 13.8 Å². The summed E-state index contributed by atoms with van der Waals surface area (Å²) in [7, 11) is 0. The first-order valence-electron chi connectivity index (χ1n) is 5.32. The van der Waals surface area contributed by atoms with Gasteiger partial charge in [-0.05, 0) is 0 Å². The van der Waals surface area contributed by atoms with E-state index >= 15 is 0 Å². The van der Waals surface area contributed by atoms with Crippen LogP contribution in [0.2, 0.25) is 5.32 Å². The first-order valence-corrected chi connectivity index (χ1v) is 7.39.